The summed E-state index contributed by atoms with van der Waals surface area (Å²) in [6, 6.07) is 10.5. The van der Waals surface area contributed by atoms with Crippen molar-refractivity contribution in [2.24, 2.45) is 0 Å². The number of amides is 2. The second kappa shape index (κ2) is 7.18. The zero-order valence-electron chi connectivity index (χ0n) is 13.8. The van der Waals surface area contributed by atoms with Gasteiger partial charge in [-0.3, -0.25) is 0 Å². The number of hydrogen-bond acceptors (Lipinski definition) is 2. The zero-order chi connectivity index (χ0) is 16.2. The molecule has 1 saturated heterocycles. The Morgan fingerprint density at radius 2 is 2.04 bits per heavy atom. The molecule has 3 nitrogen and oxygen atoms in total. The summed E-state index contributed by atoms with van der Waals surface area (Å²) < 4.78 is 0. The number of rotatable bonds is 2. The molecule has 23 heavy (non-hydrogen) atoms. The Labute approximate surface area is 142 Å². The Morgan fingerprint density at radius 3 is 2.78 bits per heavy atom. The van der Waals surface area contributed by atoms with Crippen LogP contribution in [0.5, 0.6) is 0 Å². The van der Waals surface area contributed by atoms with Gasteiger partial charge in [-0.05, 0) is 61.4 Å². The van der Waals surface area contributed by atoms with Crippen molar-refractivity contribution in [3.05, 3.63) is 51.7 Å². The largest absolute Gasteiger partial charge is 0.322 e. The van der Waals surface area contributed by atoms with Gasteiger partial charge in [0.1, 0.15) is 0 Å². The van der Waals surface area contributed by atoms with Crippen molar-refractivity contribution in [3.8, 4) is 0 Å². The van der Waals surface area contributed by atoms with E-state index in [9.17, 15) is 4.79 Å². The number of benzene rings is 1. The fraction of sp³-hybridized carbons (Fsp3) is 0.421. The molecule has 4 heteroatoms. The number of carbonyl (C=O) groups excluding carboxylic acids is 1. The van der Waals surface area contributed by atoms with E-state index in [-0.39, 0.29) is 12.1 Å². The van der Waals surface area contributed by atoms with E-state index < -0.39 is 0 Å². The van der Waals surface area contributed by atoms with Crippen molar-refractivity contribution in [2.75, 3.05) is 11.9 Å². The first-order valence-corrected chi connectivity index (χ1v) is 9.21. The molecule has 2 heterocycles. The van der Waals surface area contributed by atoms with E-state index in [2.05, 4.69) is 42.7 Å². The number of nitrogens with one attached hydrogen (secondary N) is 1. The molecular formula is C19H24N2OS. The predicted octanol–water partition coefficient (Wildman–Crippen LogP) is 5.51. The van der Waals surface area contributed by atoms with Crippen molar-refractivity contribution < 1.29 is 4.79 Å². The highest BCUT2D eigenvalue weighted by atomic mass is 32.1. The molecule has 1 aliphatic heterocycles. The predicted molar refractivity (Wildman–Crippen MR) is 97.2 cm³/mol. The van der Waals surface area contributed by atoms with Crippen LogP contribution < -0.4 is 5.32 Å². The summed E-state index contributed by atoms with van der Waals surface area (Å²) in [6.45, 7) is 4.99. The van der Waals surface area contributed by atoms with E-state index in [0.717, 1.165) is 25.1 Å². The van der Waals surface area contributed by atoms with E-state index in [1.165, 1.54) is 28.8 Å². The van der Waals surface area contributed by atoms with Gasteiger partial charge in [-0.2, -0.15) is 0 Å². The average molecular weight is 328 g/mol. The molecule has 0 aliphatic carbocycles. The van der Waals surface area contributed by atoms with Gasteiger partial charge in [0.15, 0.2) is 0 Å². The smallest absolute Gasteiger partial charge is 0.317 e. The molecule has 0 radical (unpaired) electrons. The standard InChI is InChI=1S/C19H24N2OS/c1-14-9-10-16(13-15(14)2)20-19(22)21-11-5-3-4-7-17(21)18-8-6-12-23-18/h6,8-10,12-13,17H,3-5,7,11H2,1-2H3,(H,20,22). The minimum absolute atomic E-state index is 0.0218. The second-order valence-electron chi connectivity index (χ2n) is 6.30. The maximum Gasteiger partial charge on any atom is 0.322 e. The molecule has 2 aromatic rings. The Hall–Kier alpha value is -1.81. The van der Waals surface area contributed by atoms with Gasteiger partial charge in [-0.15, -0.1) is 11.3 Å². The fourth-order valence-electron chi connectivity index (χ4n) is 3.14. The van der Waals surface area contributed by atoms with Crippen molar-refractivity contribution in [1.82, 2.24) is 4.90 Å². The zero-order valence-corrected chi connectivity index (χ0v) is 14.7. The highest BCUT2D eigenvalue weighted by molar-refractivity contribution is 7.10. The summed E-state index contributed by atoms with van der Waals surface area (Å²) in [5, 5.41) is 5.19. The number of urea groups is 1. The van der Waals surface area contributed by atoms with Crippen LogP contribution in [0.2, 0.25) is 0 Å². The number of carbonyl (C=O) groups is 1. The summed E-state index contributed by atoms with van der Waals surface area (Å²) in [5.74, 6) is 0. The Balaban J connectivity index is 1.78. The molecule has 1 unspecified atom stereocenters. The lowest BCUT2D eigenvalue weighted by molar-refractivity contribution is 0.190. The first-order chi connectivity index (χ1) is 11.1. The van der Waals surface area contributed by atoms with Crippen LogP contribution in [0.15, 0.2) is 35.7 Å². The molecule has 1 fully saturated rings. The van der Waals surface area contributed by atoms with Crippen LogP contribution in [-0.2, 0) is 0 Å². The number of likely N-dealkylation sites (tertiary alicyclic amines) is 1. The Kier molecular flexibility index (Phi) is 5.01. The summed E-state index contributed by atoms with van der Waals surface area (Å²) >= 11 is 1.75. The lowest BCUT2D eigenvalue weighted by atomic mass is 10.1. The number of nitrogens with zero attached hydrogens (tertiary/aromatic N) is 1. The van der Waals surface area contributed by atoms with Crippen LogP contribution in [0, 0.1) is 13.8 Å². The van der Waals surface area contributed by atoms with Crippen LogP contribution in [0.1, 0.15) is 47.7 Å². The van der Waals surface area contributed by atoms with Gasteiger partial charge in [0.2, 0.25) is 0 Å². The van der Waals surface area contributed by atoms with E-state index in [1.54, 1.807) is 11.3 Å². The van der Waals surface area contributed by atoms with Gasteiger partial charge >= 0.3 is 6.03 Å². The van der Waals surface area contributed by atoms with Crippen molar-refractivity contribution in [3.63, 3.8) is 0 Å². The molecular weight excluding hydrogens is 304 g/mol. The molecule has 1 atom stereocenters. The first-order valence-electron chi connectivity index (χ1n) is 8.33. The van der Waals surface area contributed by atoms with Gasteiger partial charge in [0.05, 0.1) is 6.04 Å². The van der Waals surface area contributed by atoms with Crippen LogP contribution in [0.3, 0.4) is 0 Å². The number of hydrogen-bond donors (Lipinski definition) is 1. The third-order valence-corrected chi connectivity index (χ3v) is 5.62. The van der Waals surface area contributed by atoms with Crippen LogP contribution in [0.25, 0.3) is 0 Å². The summed E-state index contributed by atoms with van der Waals surface area (Å²) in [7, 11) is 0. The number of aryl methyl sites for hydroxylation is 2. The topological polar surface area (TPSA) is 32.3 Å². The van der Waals surface area contributed by atoms with E-state index in [4.69, 9.17) is 0 Å². The summed E-state index contributed by atoms with van der Waals surface area (Å²) in [6.07, 6.45) is 4.54. The number of anilines is 1. The molecule has 0 saturated carbocycles. The van der Waals surface area contributed by atoms with Crippen LogP contribution in [-0.4, -0.2) is 17.5 Å². The quantitative estimate of drug-likeness (QED) is 0.774. The molecule has 1 aromatic carbocycles. The van der Waals surface area contributed by atoms with Crippen LogP contribution in [0.4, 0.5) is 10.5 Å². The van der Waals surface area contributed by atoms with Gasteiger partial charge in [0, 0.05) is 17.1 Å². The highest BCUT2D eigenvalue weighted by Gasteiger charge is 2.27. The van der Waals surface area contributed by atoms with Crippen molar-refractivity contribution >= 4 is 23.1 Å². The lowest BCUT2D eigenvalue weighted by Gasteiger charge is -2.29. The van der Waals surface area contributed by atoms with Gasteiger partial charge < -0.3 is 10.2 Å². The molecule has 2 amide bonds. The SMILES string of the molecule is Cc1ccc(NC(=O)N2CCCCCC2c2cccs2)cc1C. The third-order valence-electron chi connectivity index (χ3n) is 4.64. The molecule has 3 rings (SSSR count). The van der Waals surface area contributed by atoms with Gasteiger partial charge in [-0.25, -0.2) is 4.79 Å². The molecule has 1 aliphatic rings. The van der Waals surface area contributed by atoms with E-state index >= 15 is 0 Å². The third kappa shape index (κ3) is 3.75. The molecule has 1 aromatic heterocycles. The normalized spacial score (nSPS) is 18.5. The highest BCUT2D eigenvalue weighted by Crippen LogP contribution is 2.33. The second-order valence-corrected chi connectivity index (χ2v) is 7.28. The molecule has 0 spiro atoms. The number of thiophene rings is 1. The van der Waals surface area contributed by atoms with E-state index in [0.29, 0.717) is 0 Å². The summed E-state index contributed by atoms with van der Waals surface area (Å²) in [4.78, 5) is 16.2. The van der Waals surface area contributed by atoms with Crippen LogP contribution >= 0.6 is 11.3 Å². The summed E-state index contributed by atoms with van der Waals surface area (Å²) in [5.41, 5.74) is 3.33. The lowest BCUT2D eigenvalue weighted by Crippen LogP contribution is -2.37. The minimum atomic E-state index is 0.0218. The molecule has 1 N–H and O–H groups in total. The molecule has 0 bridgehead atoms. The Bertz CT molecular complexity index is 666. The Morgan fingerprint density at radius 1 is 1.17 bits per heavy atom. The van der Waals surface area contributed by atoms with Crippen molar-refractivity contribution in [2.45, 2.75) is 45.6 Å². The maximum atomic E-state index is 12.8. The van der Waals surface area contributed by atoms with E-state index in [1.807, 2.05) is 17.0 Å². The minimum Gasteiger partial charge on any atom is -0.317 e. The monoisotopic (exact) mass is 328 g/mol. The molecule has 122 valence electrons. The van der Waals surface area contributed by atoms with Crippen molar-refractivity contribution in [1.29, 1.82) is 0 Å². The van der Waals surface area contributed by atoms with Gasteiger partial charge in [0.25, 0.3) is 0 Å². The van der Waals surface area contributed by atoms with Gasteiger partial charge in [-0.1, -0.05) is 25.0 Å². The first kappa shape index (κ1) is 16.1. The fourth-order valence-corrected chi connectivity index (χ4v) is 4.02. The average Bonchev–Trinajstić information content (AvgIpc) is 2.95. The maximum absolute atomic E-state index is 12.8.